The number of aryl methyl sites for hydroxylation is 1. The van der Waals surface area contributed by atoms with Gasteiger partial charge in [0.25, 0.3) is 5.91 Å². The summed E-state index contributed by atoms with van der Waals surface area (Å²) in [5.74, 6) is 2.40. The monoisotopic (exact) mass is 622 g/mol. The molecule has 238 valence electrons. The molecule has 3 aromatic heterocycles. The van der Waals surface area contributed by atoms with Crippen molar-refractivity contribution in [1.82, 2.24) is 24.4 Å². The summed E-state index contributed by atoms with van der Waals surface area (Å²) in [7, 11) is 0. The fourth-order valence-corrected chi connectivity index (χ4v) is 8.33. The number of piperidine rings is 1. The van der Waals surface area contributed by atoms with E-state index >= 15 is 0 Å². The third-order valence-corrected chi connectivity index (χ3v) is 10.7. The minimum Gasteiger partial charge on any atom is -0.491 e. The van der Waals surface area contributed by atoms with Crippen molar-refractivity contribution in [3.8, 4) is 16.9 Å². The SMILES string of the molecule is Cc1c(F)cccc1C(=O)N1CC2CN(c3ccc(-c4cc(OCCN5C6CCC5CC(=O)C6)cn5ncc(C)c45)cn3)CC2C1. The first-order valence-electron chi connectivity index (χ1n) is 16.5. The van der Waals surface area contributed by atoms with E-state index in [4.69, 9.17) is 9.72 Å². The van der Waals surface area contributed by atoms with Gasteiger partial charge in [-0.15, -0.1) is 0 Å². The van der Waals surface area contributed by atoms with E-state index in [2.05, 4.69) is 40.0 Å². The summed E-state index contributed by atoms with van der Waals surface area (Å²) >= 11 is 0. The molecule has 2 bridgehead atoms. The van der Waals surface area contributed by atoms with Crippen LogP contribution in [-0.2, 0) is 4.79 Å². The minimum atomic E-state index is -0.339. The van der Waals surface area contributed by atoms with E-state index in [1.54, 1.807) is 19.1 Å². The van der Waals surface area contributed by atoms with Crippen LogP contribution in [0.3, 0.4) is 0 Å². The van der Waals surface area contributed by atoms with Gasteiger partial charge in [0, 0.05) is 92.4 Å². The quantitative estimate of drug-likeness (QED) is 0.289. The molecule has 4 unspecified atom stereocenters. The second-order valence-corrected chi connectivity index (χ2v) is 13.6. The summed E-state index contributed by atoms with van der Waals surface area (Å²) in [5, 5.41) is 4.58. The van der Waals surface area contributed by atoms with Gasteiger partial charge in [-0.1, -0.05) is 6.07 Å². The lowest BCUT2D eigenvalue weighted by Crippen LogP contribution is -2.44. The highest BCUT2D eigenvalue weighted by molar-refractivity contribution is 5.96. The van der Waals surface area contributed by atoms with Gasteiger partial charge in [-0.25, -0.2) is 13.9 Å². The number of anilines is 1. The molecule has 8 rings (SSSR count). The maximum atomic E-state index is 14.1. The number of halogens is 1. The third kappa shape index (κ3) is 5.12. The van der Waals surface area contributed by atoms with Gasteiger partial charge in [0.15, 0.2) is 0 Å². The summed E-state index contributed by atoms with van der Waals surface area (Å²) in [6.07, 6.45) is 9.31. The second-order valence-electron chi connectivity index (χ2n) is 13.6. The molecule has 9 nitrogen and oxygen atoms in total. The highest BCUT2D eigenvalue weighted by atomic mass is 19.1. The Morgan fingerprint density at radius 2 is 1.76 bits per heavy atom. The molecule has 0 aliphatic carbocycles. The van der Waals surface area contributed by atoms with E-state index in [0.29, 0.717) is 73.4 Å². The molecule has 4 fully saturated rings. The molecule has 10 heteroatoms. The number of hydrogen-bond acceptors (Lipinski definition) is 7. The second kappa shape index (κ2) is 11.5. The zero-order valence-corrected chi connectivity index (χ0v) is 26.4. The summed E-state index contributed by atoms with van der Waals surface area (Å²) in [5.41, 5.74) is 5.01. The van der Waals surface area contributed by atoms with Crippen molar-refractivity contribution < 1.29 is 18.7 Å². The molecule has 4 saturated heterocycles. The van der Waals surface area contributed by atoms with Gasteiger partial charge in [0.2, 0.25) is 0 Å². The van der Waals surface area contributed by atoms with Crippen LogP contribution in [-0.4, -0.2) is 87.5 Å². The van der Waals surface area contributed by atoms with Crippen LogP contribution in [0.4, 0.5) is 10.2 Å². The Morgan fingerprint density at radius 1 is 1.00 bits per heavy atom. The van der Waals surface area contributed by atoms with Crippen molar-refractivity contribution in [3.63, 3.8) is 0 Å². The number of likely N-dealkylation sites (tertiary alicyclic amines) is 1. The smallest absolute Gasteiger partial charge is 0.254 e. The van der Waals surface area contributed by atoms with Crippen LogP contribution in [0.15, 0.2) is 55.0 Å². The van der Waals surface area contributed by atoms with Crippen molar-refractivity contribution in [3.05, 3.63) is 77.5 Å². The lowest BCUT2D eigenvalue weighted by Gasteiger charge is -2.33. The number of fused-ring (bicyclic) bond motifs is 4. The van der Waals surface area contributed by atoms with Gasteiger partial charge in [0.05, 0.1) is 17.9 Å². The molecule has 46 heavy (non-hydrogen) atoms. The normalized spacial score (nSPS) is 24.3. The maximum absolute atomic E-state index is 14.1. The number of amides is 1. The number of ether oxygens (including phenoxy) is 1. The zero-order chi connectivity index (χ0) is 31.5. The van der Waals surface area contributed by atoms with E-state index in [0.717, 1.165) is 66.3 Å². The fraction of sp³-hybridized carbons (Fsp3) is 0.444. The Kier molecular flexibility index (Phi) is 7.27. The molecule has 0 radical (unpaired) electrons. The lowest BCUT2D eigenvalue weighted by atomic mass is 10.0. The first-order chi connectivity index (χ1) is 22.3. The average molecular weight is 623 g/mol. The van der Waals surface area contributed by atoms with E-state index in [1.165, 1.54) is 6.07 Å². The summed E-state index contributed by atoms with van der Waals surface area (Å²) < 4.78 is 22.3. The van der Waals surface area contributed by atoms with Gasteiger partial charge < -0.3 is 14.5 Å². The Balaban J connectivity index is 0.941. The predicted molar refractivity (Wildman–Crippen MR) is 173 cm³/mol. The van der Waals surface area contributed by atoms with Gasteiger partial charge in [-0.3, -0.25) is 14.5 Å². The van der Waals surface area contributed by atoms with Crippen molar-refractivity contribution >= 4 is 23.0 Å². The highest BCUT2D eigenvalue weighted by Gasteiger charge is 2.42. The minimum absolute atomic E-state index is 0.0804. The Morgan fingerprint density at radius 3 is 2.48 bits per heavy atom. The number of carbonyl (C=O) groups excluding carboxylic acids is 2. The van der Waals surface area contributed by atoms with Crippen molar-refractivity contribution in [1.29, 1.82) is 0 Å². The first kappa shape index (κ1) is 29.1. The molecule has 4 atom stereocenters. The van der Waals surface area contributed by atoms with Crippen molar-refractivity contribution in [2.45, 2.75) is 51.6 Å². The van der Waals surface area contributed by atoms with Crippen LogP contribution in [0.25, 0.3) is 16.6 Å². The average Bonchev–Trinajstić information content (AvgIpc) is 3.80. The lowest BCUT2D eigenvalue weighted by molar-refractivity contribution is -0.123. The molecule has 4 aliphatic heterocycles. The van der Waals surface area contributed by atoms with Crippen LogP contribution in [0.5, 0.6) is 5.75 Å². The van der Waals surface area contributed by atoms with Crippen molar-refractivity contribution in [2.24, 2.45) is 11.8 Å². The molecule has 0 spiro atoms. The topological polar surface area (TPSA) is 83.3 Å². The number of carbonyl (C=O) groups is 2. The molecule has 1 aromatic carbocycles. The van der Waals surface area contributed by atoms with Crippen LogP contribution in [0.1, 0.15) is 47.2 Å². The number of hydrogen-bond donors (Lipinski definition) is 0. The largest absolute Gasteiger partial charge is 0.491 e. The maximum Gasteiger partial charge on any atom is 0.254 e. The number of rotatable bonds is 7. The third-order valence-electron chi connectivity index (χ3n) is 10.7. The van der Waals surface area contributed by atoms with Gasteiger partial charge in [0.1, 0.15) is 29.8 Å². The molecule has 7 heterocycles. The van der Waals surface area contributed by atoms with Gasteiger partial charge >= 0.3 is 0 Å². The highest BCUT2D eigenvalue weighted by Crippen LogP contribution is 2.37. The molecule has 0 N–H and O–H groups in total. The Bertz CT molecular complexity index is 1790. The fourth-order valence-electron chi connectivity index (χ4n) is 8.33. The summed E-state index contributed by atoms with van der Waals surface area (Å²) in [6.45, 7) is 8.14. The van der Waals surface area contributed by atoms with Crippen LogP contribution in [0, 0.1) is 31.5 Å². The number of aromatic nitrogens is 3. The van der Waals surface area contributed by atoms with E-state index < -0.39 is 0 Å². The van der Waals surface area contributed by atoms with Crippen LogP contribution in [0.2, 0.25) is 0 Å². The molecular weight excluding hydrogens is 583 g/mol. The Labute approximate surface area is 267 Å². The molecule has 0 saturated carbocycles. The van der Waals surface area contributed by atoms with Gasteiger partial charge in [-0.2, -0.15) is 5.10 Å². The van der Waals surface area contributed by atoms with E-state index in [9.17, 15) is 14.0 Å². The summed E-state index contributed by atoms with van der Waals surface area (Å²) in [4.78, 5) is 36.7. The number of pyridine rings is 2. The number of nitrogens with zero attached hydrogens (tertiary/aromatic N) is 6. The predicted octanol–water partition coefficient (Wildman–Crippen LogP) is 4.94. The standard InChI is InChI=1S/C36H39FN6O3/c1-22-15-39-43-21-30(46-11-10-42-27-7-8-28(42)13-29(44)12-27)14-32(35(22)43)24-6-9-34(38-16-24)40-17-25-19-41(20-26(25)18-40)36(45)31-4-3-5-33(37)23(31)2/h3-6,9,14-16,21,25-28H,7-8,10-13,17-20H2,1-2H3. The molecule has 4 aromatic rings. The molecule has 4 aliphatic rings. The van der Waals surface area contributed by atoms with E-state index in [1.807, 2.05) is 28.0 Å². The van der Waals surface area contributed by atoms with E-state index in [-0.39, 0.29) is 11.7 Å². The first-order valence-corrected chi connectivity index (χ1v) is 16.5. The number of Topliss-reactive ketones (excluding diaryl/α,β-unsaturated/α-hetero) is 1. The van der Waals surface area contributed by atoms with Crippen molar-refractivity contribution in [2.75, 3.05) is 44.2 Å². The van der Waals surface area contributed by atoms with Crippen LogP contribution < -0.4 is 9.64 Å². The molecule has 1 amide bonds. The van der Waals surface area contributed by atoms with Gasteiger partial charge in [-0.05, 0) is 68.1 Å². The van der Waals surface area contributed by atoms with Crippen LogP contribution >= 0.6 is 0 Å². The molecular formula is C36H39FN6O3. The summed E-state index contributed by atoms with van der Waals surface area (Å²) in [6, 6.07) is 11.7. The Hall–Kier alpha value is -4.31. The number of ketones is 1. The number of benzene rings is 1. The zero-order valence-electron chi connectivity index (χ0n) is 26.4.